The third kappa shape index (κ3) is 4.48. The summed E-state index contributed by atoms with van der Waals surface area (Å²) in [7, 11) is 3.92. The summed E-state index contributed by atoms with van der Waals surface area (Å²) < 4.78 is 0. The first-order valence-electron chi connectivity index (χ1n) is 8.17. The lowest BCUT2D eigenvalue weighted by atomic mass is 10.1. The molecular formula is C17H21N3O2S2. The molecule has 0 saturated carbocycles. The quantitative estimate of drug-likeness (QED) is 0.416. The number of fused-ring (bicyclic) bond motifs is 1. The van der Waals surface area contributed by atoms with Gasteiger partial charge in [-0.2, -0.15) is 0 Å². The number of rotatable bonds is 6. The second-order valence-electron chi connectivity index (χ2n) is 5.82. The Morgan fingerprint density at radius 2 is 2.08 bits per heavy atom. The third-order valence-electron chi connectivity index (χ3n) is 4.06. The van der Waals surface area contributed by atoms with Crippen molar-refractivity contribution < 1.29 is 9.59 Å². The van der Waals surface area contributed by atoms with Crippen molar-refractivity contribution in [2.45, 2.75) is 37.4 Å². The van der Waals surface area contributed by atoms with Crippen molar-refractivity contribution >= 4 is 44.3 Å². The van der Waals surface area contributed by atoms with Gasteiger partial charge in [0.25, 0.3) is 5.91 Å². The number of para-hydroxylation sites is 1. The van der Waals surface area contributed by atoms with Crippen molar-refractivity contribution in [2.75, 3.05) is 5.75 Å². The summed E-state index contributed by atoms with van der Waals surface area (Å²) in [5, 5.41) is 1.59. The van der Waals surface area contributed by atoms with Gasteiger partial charge in [0, 0.05) is 34.5 Å². The van der Waals surface area contributed by atoms with Gasteiger partial charge in [-0.25, -0.2) is 0 Å². The largest absolute Gasteiger partial charge is 0.360 e. The predicted molar refractivity (Wildman–Crippen MR) is 101 cm³/mol. The van der Waals surface area contributed by atoms with Crippen LogP contribution in [-0.2, 0) is 4.79 Å². The predicted octanol–water partition coefficient (Wildman–Crippen LogP) is 3.64. The first kappa shape index (κ1) is 17.2. The summed E-state index contributed by atoms with van der Waals surface area (Å²) in [5.41, 5.74) is 6.42. The SMILES string of the molecule is O=C(CCCCC1CCSS1)NNC(=O)c1c[nH]c2ccccc12. The summed E-state index contributed by atoms with van der Waals surface area (Å²) in [6, 6.07) is 7.57. The molecule has 1 aliphatic rings. The number of unbranched alkanes of at least 4 members (excludes halogenated alkanes) is 1. The molecule has 0 spiro atoms. The molecule has 3 N–H and O–H groups in total. The summed E-state index contributed by atoms with van der Waals surface area (Å²) in [4.78, 5) is 27.1. The molecule has 2 heterocycles. The zero-order chi connectivity index (χ0) is 16.8. The minimum atomic E-state index is -0.305. The van der Waals surface area contributed by atoms with E-state index >= 15 is 0 Å². The number of aromatic amines is 1. The minimum Gasteiger partial charge on any atom is -0.360 e. The fourth-order valence-corrected chi connectivity index (χ4v) is 5.77. The number of carbonyl (C=O) groups is 2. The van der Waals surface area contributed by atoms with E-state index in [4.69, 9.17) is 0 Å². The fraction of sp³-hybridized carbons (Fsp3) is 0.412. The van der Waals surface area contributed by atoms with Crippen molar-refractivity contribution in [1.82, 2.24) is 15.8 Å². The van der Waals surface area contributed by atoms with Crippen LogP contribution in [0.2, 0.25) is 0 Å². The summed E-state index contributed by atoms with van der Waals surface area (Å²) in [5.74, 6) is 0.798. The van der Waals surface area contributed by atoms with Crippen LogP contribution in [0.15, 0.2) is 30.5 Å². The van der Waals surface area contributed by atoms with Crippen molar-refractivity contribution in [2.24, 2.45) is 0 Å². The van der Waals surface area contributed by atoms with Crippen LogP contribution in [0.1, 0.15) is 42.5 Å². The number of hydrogen-bond donors (Lipinski definition) is 3. The van der Waals surface area contributed by atoms with E-state index in [0.717, 1.165) is 29.0 Å². The number of carbonyl (C=O) groups excluding carboxylic acids is 2. The Morgan fingerprint density at radius 3 is 2.92 bits per heavy atom. The first-order valence-corrected chi connectivity index (χ1v) is 10.6. The first-order chi connectivity index (χ1) is 11.7. The number of aromatic nitrogens is 1. The highest BCUT2D eigenvalue weighted by Gasteiger charge is 2.16. The van der Waals surface area contributed by atoms with E-state index in [1.807, 2.05) is 45.9 Å². The van der Waals surface area contributed by atoms with Crippen LogP contribution in [0.4, 0.5) is 0 Å². The lowest BCUT2D eigenvalue weighted by Crippen LogP contribution is -2.41. The van der Waals surface area contributed by atoms with Gasteiger partial charge >= 0.3 is 0 Å². The van der Waals surface area contributed by atoms with Gasteiger partial charge in [-0.3, -0.25) is 20.4 Å². The number of hydrazine groups is 1. The van der Waals surface area contributed by atoms with Crippen molar-refractivity contribution in [3.05, 3.63) is 36.0 Å². The maximum absolute atomic E-state index is 12.2. The van der Waals surface area contributed by atoms with Gasteiger partial charge in [-0.05, 0) is 25.3 Å². The van der Waals surface area contributed by atoms with E-state index in [2.05, 4.69) is 15.8 Å². The average Bonchev–Trinajstić information content (AvgIpc) is 3.26. The van der Waals surface area contributed by atoms with Gasteiger partial charge < -0.3 is 4.98 Å². The van der Waals surface area contributed by atoms with E-state index in [1.54, 1.807) is 6.20 Å². The van der Waals surface area contributed by atoms with Gasteiger partial charge in [0.15, 0.2) is 0 Å². The van der Waals surface area contributed by atoms with Crippen molar-refractivity contribution in [3.63, 3.8) is 0 Å². The maximum atomic E-state index is 12.2. The smallest absolute Gasteiger partial charge is 0.271 e. The monoisotopic (exact) mass is 363 g/mol. The second kappa shape index (κ2) is 8.48. The Morgan fingerprint density at radius 1 is 1.21 bits per heavy atom. The average molecular weight is 364 g/mol. The zero-order valence-electron chi connectivity index (χ0n) is 13.3. The van der Waals surface area contributed by atoms with Gasteiger partial charge in [0.05, 0.1) is 5.56 Å². The van der Waals surface area contributed by atoms with E-state index < -0.39 is 0 Å². The van der Waals surface area contributed by atoms with Gasteiger partial charge in [0.2, 0.25) is 5.91 Å². The molecule has 0 aliphatic carbocycles. The Hall–Kier alpha value is -1.60. The summed E-state index contributed by atoms with van der Waals surface area (Å²) in [6.45, 7) is 0. The van der Waals surface area contributed by atoms with Crippen LogP contribution >= 0.6 is 21.6 Å². The maximum Gasteiger partial charge on any atom is 0.271 e. The van der Waals surface area contributed by atoms with Crippen molar-refractivity contribution in [3.8, 4) is 0 Å². The van der Waals surface area contributed by atoms with Crippen LogP contribution in [0.5, 0.6) is 0 Å². The van der Waals surface area contributed by atoms with E-state index in [1.165, 1.54) is 18.6 Å². The molecule has 0 radical (unpaired) electrons. The highest BCUT2D eigenvalue weighted by molar-refractivity contribution is 8.77. The Labute approximate surface area is 149 Å². The molecule has 1 aliphatic heterocycles. The highest BCUT2D eigenvalue weighted by atomic mass is 33.1. The molecule has 3 rings (SSSR count). The van der Waals surface area contributed by atoms with Crippen LogP contribution in [0.25, 0.3) is 10.9 Å². The molecule has 1 saturated heterocycles. The molecule has 1 unspecified atom stereocenters. The number of benzene rings is 1. The normalized spacial score (nSPS) is 17.1. The minimum absolute atomic E-state index is 0.142. The molecule has 1 aromatic heterocycles. The Kier molecular flexibility index (Phi) is 6.09. The molecule has 0 bridgehead atoms. The molecule has 2 amide bonds. The molecule has 128 valence electrons. The second-order valence-corrected chi connectivity index (χ2v) is 8.61. The number of amides is 2. The molecule has 1 atom stereocenters. The molecule has 1 fully saturated rings. The van der Waals surface area contributed by atoms with Crippen LogP contribution in [-0.4, -0.2) is 27.8 Å². The molecule has 7 heteroatoms. The highest BCUT2D eigenvalue weighted by Crippen LogP contribution is 2.39. The molecule has 24 heavy (non-hydrogen) atoms. The number of nitrogens with one attached hydrogen (secondary N) is 3. The van der Waals surface area contributed by atoms with Crippen LogP contribution < -0.4 is 10.9 Å². The third-order valence-corrected chi connectivity index (χ3v) is 7.06. The number of H-pyrrole nitrogens is 1. The zero-order valence-corrected chi connectivity index (χ0v) is 15.0. The Bertz CT molecular complexity index is 711. The van der Waals surface area contributed by atoms with E-state index in [9.17, 15) is 9.59 Å². The van der Waals surface area contributed by atoms with E-state index in [-0.39, 0.29) is 11.8 Å². The van der Waals surface area contributed by atoms with Gasteiger partial charge in [0.1, 0.15) is 0 Å². The van der Waals surface area contributed by atoms with E-state index in [0.29, 0.717) is 12.0 Å². The van der Waals surface area contributed by atoms with Crippen molar-refractivity contribution in [1.29, 1.82) is 0 Å². The topological polar surface area (TPSA) is 74.0 Å². The lowest BCUT2D eigenvalue weighted by Gasteiger charge is -2.08. The fourth-order valence-electron chi connectivity index (χ4n) is 2.74. The lowest BCUT2D eigenvalue weighted by molar-refractivity contribution is -0.122. The van der Waals surface area contributed by atoms with Crippen LogP contribution in [0, 0.1) is 0 Å². The van der Waals surface area contributed by atoms with Gasteiger partial charge in [-0.15, -0.1) is 0 Å². The molecule has 2 aromatic rings. The summed E-state index contributed by atoms with van der Waals surface area (Å²) >= 11 is 0. The van der Waals surface area contributed by atoms with Crippen LogP contribution in [0.3, 0.4) is 0 Å². The number of hydrogen-bond acceptors (Lipinski definition) is 4. The molecular weight excluding hydrogens is 342 g/mol. The Balaban J connectivity index is 1.38. The standard InChI is InChI=1S/C17H21N3O2S2/c21-16(8-4-1-5-12-9-10-23-24-12)19-20-17(22)14-11-18-15-7-3-2-6-13(14)15/h2-3,6-7,11-12,18H,1,4-5,8-10H2,(H,19,21)(H,20,22). The van der Waals surface area contributed by atoms with Gasteiger partial charge in [-0.1, -0.05) is 46.2 Å². The molecule has 1 aromatic carbocycles. The molecule has 5 nitrogen and oxygen atoms in total. The summed E-state index contributed by atoms with van der Waals surface area (Å²) in [6.07, 6.45) is 6.47.